The summed E-state index contributed by atoms with van der Waals surface area (Å²) in [5.41, 5.74) is 0.431. The van der Waals surface area contributed by atoms with Crippen molar-refractivity contribution in [2.45, 2.75) is 4.90 Å². The summed E-state index contributed by atoms with van der Waals surface area (Å²) in [4.78, 5) is 9.96. The first-order valence-electron chi connectivity index (χ1n) is 6.97. The van der Waals surface area contributed by atoms with Gasteiger partial charge >= 0.3 is 12.0 Å². The molecule has 0 bridgehead atoms. The molecule has 0 atom stereocenters. The molecule has 2 N–H and O–H groups in total. The summed E-state index contributed by atoms with van der Waals surface area (Å²) in [6.07, 6.45) is 0. The second-order valence-corrected chi connectivity index (χ2v) is 7.42. The third-order valence-corrected chi connectivity index (χ3v) is 5.05. The molecule has 134 valence electrons. The van der Waals surface area contributed by atoms with Crippen molar-refractivity contribution < 1.29 is 17.8 Å². The van der Waals surface area contributed by atoms with Crippen molar-refractivity contribution >= 4 is 49.4 Å². The maximum Gasteiger partial charge on any atom is 0.331 e. The fourth-order valence-electron chi connectivity index (χ4n) is 1.94. The van der Waals surface area contributed by atoms with Crippen LogP contribution >= 0.6 is 15.9 Å². The zero-order chi connectivity index (χ0) is 18.7. The van der Waals surface area contributed by atoms with Gasteiger partial charge in [0, 0.05) is 11.8 Å². The minimum Gasteiger partial charge on any atom is -0.389 e. The van der Waals surface area contributed by atoms with E-state index in [2.05, 4.69) is 36.2 Å². The lowest BCUT2D eigenvalue weighted by Crippen LogP contribution is -2.13. The summed E-state index contributed by atoms with van der Waals surface area (Å²) < 4.78 is 32.0. The molecule has 0 aliphatic rings. The predicted molar refractivity (Wildman–Crippen MR) is 95.6 cm³/mol. The van der Waals surface area contributed by atoms with Gasteiger partial charge in [-0.1, -0.05) is 28.4 Å². The molecule has 0 spiro atoms. The SMILES string of the molecule is O=[N+]([O-])c1ccc(S(=O)(=O)Nc2nnc(Nc3ccccc3)o2)cc1Br. The molecular formula is C14H10BrN5O5S. The number of para-hydroxylation sites is 1. The molecule has 0 radical (unpaired) electrons. The average Bonchev–Trinajstić information content (AvgIpc) is 3.01. The molecule has 0 saturated heterocycles. The number of hydrogen-bond donors (Lipinski definition) is 2. The number of sulfonamides is 1. The Morgan fingerprint density at radius 1 is 1.08 bits per heavy atom. The zero-order valence-corrected chi connectivity index (χ0v) is 15.2. The predicted octanol–water partition coefficient (Wildman–Crippen LogP) is 3.28. The Hall–Kier alpha value is -2.99. The first-order chi connectivity index (χ1) is 12.3. The Balaban J connectivity index is 1.78. The van der Waals surface area contributed by atoms with Crippen molar-refractivity contribution in [2.75, 3.05) is 10.0 Å². The third kappa shape index (κ3) is 3.97. The van der Waals surface area contributed by atoms with E-state index in [1.807, 2.05) is 6.07 Å². The number of nitro benzene ring substituents is 1. The Morgan fingerprint density at radius 3 is 2.42 bits per heavy atom. The van der Waals surface area contributed by atoms with Gasteiger partial charge in [-0.3, -0.25) is 10.1 Å². The lowest BCUT2D eigenvalue weighted by molar-refractivity contribution is -0.385. The molecule has 0 unspecified atom stereocenters. The lowest BCUT2D eigenvalue weighted by atomic mass is 10.3. The van der Waals surface area contributed by atoms with Crippen LogP contribution < -0.4 is 10.0 Å². The zero-order valence-electron chi connectivity index (χ0n) is 12.8. The van der Waals surface area contributed by atoms with E-state index in [4.69, 9.17) is 4.42 Å². The van der Waals surface area contributed by atoms with E-state index in [0.29, 0.717) is 5.69 Å². The van der Waals surface area contributed by atoms with E-state index in [1.54, 1.807) is 24.3 Å². The van der Waals surface area contributed by atoms with Crippen molar-refractivity contribution in [2.24, 2.45) is 0 Å². The van der Waals surface area contributed by atoms with Gasteiger partial charge in [0.15, 0.2) is 0 Å². The quantitative estimate of drug-likeness (QED) is 0.440. The molecule has 1 aromatic heterocycles. The molecule has 3 rings (SSSR count). The molecule has 2 aromatic carbocycles. The van der Waals surface area contributed by atoms with E-state index in [9.17, 15) is 18.5 Å². The summed E-state index contributed by atoms with van der Waals surface area (Å²) in [5, 5.41) is 20.9. The van der Waals surface area contributed by atoms with Gasteiger partial charge in [-0.2, -0.15) is 0 Å². The van der Waals surface area contributed by atoms with Gasteiger partial charge in [0.1, 0.15) is 0 Å². The van der Waals surface area contributed by atoms with Crippen molar-refractivity contribution in [1.82, 2.24) is 10.2 Å². The highest BCUT2D eigenvalue weighted by Gasteiger charge is 2.21. The van der Waals surface area contributed by atoms with Gasteiger partial charge in [-0.05, 0) is 40.2 Å². The first kappa shape index (κ1) is 17.8. The fraction of sp³-hybridized carbons (Fsp3) is 0. The van der Waals surface area contributed by atoms with Crippen LogP contribution in [0.4, 0.5) is 23.4 Å². The first-order valence-corrected chi connectivity index (χ1v) is 9.25. The Labute approximate surface area is 155 Å². The Morgan fingerprint density at radius 2 is 1.77 bits per heavy atom. The number of nitro groups is 1. The number of benzene rings is 2. The Kier molecular flexibility index (Phi) is 4.86. The molecule has 0 amide bonds. The highest BCUT2D eigenvalue weighted by atomic mass is 79.9. The van der Waals surface area contributed by atoms with Crippen LogP contribution in [-0.4, -0.2) is 23.5 Å². The second-order valence-electron chi connectivity index (χ2n) is 4.88. The van der Waals surface area contributed by atoms with Crippen LogP contribution in [0.1, 0.15) is 0 Å². The average molecular weight is 440 g/mol. The monoisotopic (exact) mass is 439 g/mol. The maximum absolute atomic E-state index is 12.4. The van der Waals surface area contributed by atoms with Crippen LogP contribution in [0.3, 0.4) is 0 Å². The minimum absolute atomic E-state index is 0.00113. The molecule has 3 aromatic rings. The highest BCUT2D eigenvalue weighted by molar-refractivity contribution is 9.10. The minimum atomic E-state index is -4.06. The largest absolute Gasteiger partial charge is 0.389 e. The number of nitrogens with zero attached hydrogens (tertiary/aromatic N) is 3. The second kappa shape index (κ2) is 7.09. The molecule has 0 saturated carbocycles. The molecular weight excluding hydrogens is 430 g/mol. The normalized spacial score (nSPS) is 11.1. The van der Waals surface area contributed by atoms with Crippen molar-refractivity contribution in [3.05, 3.63) is 63.1 Å². The highest BCUT2D eigenvalue weighted by Crippen LogP contribution is 2.28. The van der Waals surface area contributed by atoms with E-state index in [-0.39, 0.29) is 27.1 Å². The van der Waals surface area contributed by atoms with Crippen molar-refractivity contribution in [3.8, 4) is 0 Å². The van der Waals surface area contributed by atoms with Crippen LogP contribution in [0, 0.1) is 10.1 Å². The van der Waals surface area contributed by atoms with Crippen LogP contribution in [-0.2, 0) is 10.0 Å². The molecule has 1 heterocycles. The van der Waals surface area contributed by atoms with E-state index in [1.165, 1.54) is 0 Å². The van der Waals surface area contributed by atoms with Gasteiger partial charge in [0.05, 0.1) is 14.3 Å². The fourth-order valence-corrected chi connectivity index (χ4v) is 3.56. The lowest BCUT2D eigenvalue weighted by Gasteiger charge is -2.05. The van der Waals surface area contributed by atoms with Gasteiger partial charge in [-0.15, -0.1) is 0 Å². The summed E-state index contributed by atoms with van der Waals surface area (Å²) in [6, 6.07) is 11.9. The summed E-state index contributed by atoms with van der Waals surface area (Å²) >= 11 is 2.97. The van der Waals surface area contributed by atoms with E-state index in [0.717, 1.165) is 18.2 Å². The molecule has 12 heteroatoms. The van der Waals surface area contributed by atoms with Crippen LogP contribution in [0.15, 0.2) is 62.3 Å². The number of hydrogen-bond acceptors (Lipinski definition) is 8. The van der Waals surface area contributed by atoms with E-state index < -0.39 is 14.9 Å². The smallest absolute Gasteiger partial charge is 0.331 e. The number of rotatable bonds is 6. The van der Waals surface area contributed by atoms with Gasteiger partial charge in [-0.25, -0.2) is 13.1 Å². The molecule has 0 aliphatic heterocycles. The van der Waals surface area contributed by atoms with Gasteiger partial charge in [0.2, 0.25) is 0 Å². The number of nitrogens with one attached hydrogen (secondary N) is 2. The third-order valence-electron chi connectivity index (χ3n) is 3.10. The molecule has 26 heavy (non-hydrogen) atoms. The standard InChI is InChI=1S/C14H10BrN5O5S/c15-11-8-10(6-7-12(11)20(21)22)26(23,24)19-14-18-17-13(25-14)16-9-4-2-1-3-5-9/h1-8H,(H,16,17)(H,18,19). The maximum atomic E-state index is 12.4. The topological polar surface area (TPSA) is 140 Å². The number of halogens is 1. The van der Waals surface area contributed by atoms with Gasteiger partial charge in [0.25, 0.3) is 15.7 Å². The van der Waals surface area contributed by atoms with E-state index >= 15 is 0 Å². The summed E-state index contributed by atoms with van der Waals surface area (Å²) in [6.45, 7) is 0. The number of anilines is 3. The van der Waals surface area contributed by atoms with Gasteiger partial charge < -0.3 is 9.73 Å². The van der Waals surface area contributed by atoms with Crippen molar-refractivity contribution in [3.63, 3.8) is 0 Å². The summed E-state index contributed by atoms with van der Waals surface area (Å²) in [7, 11) is -4.06. The molecule has 10 nitrogen and oxygen atoms in total. The van der Waals surface area contributed by atoms with Crippen LogP contribution in [0.5, 0.6) is 0 Å². The molecule has 0 fully saturated rings. The summed E-state index contributed by atoms with van der Waals surface area (Å²) in [5.74, 6) is 0. The van der Waals surface area contributed by atoms with Crippen molar-refractivity contribution in [1.29, 1.82) is 0 Å². The Bertz CT molecular complexity index is 1050. The molecule has 0 aliphatic carbocycles. The van der Waals surface area contributed by atoms with Crippen LogP contribution in [0.25, 0.3) is 0 Å². The number of aromatic nitrogens is 2. The van der Waals surface area contributed by atoms with Crippen LogP contribution in [0.2, 0.25) is 0 Å².